The molecule has 12 nitrogen and oxygen atoms in total. The normalized spacial score (nSPS) is 16.3. The smallest absolute Gasteiger partial charge is 0.480 e. The first-order chi connectivity index (χ1) is 17.4. The molecule has 0 amide bonds. The van der Waals surface area contributed by atoms with Gasteiger partial charge in [0.2, 0.25) is 0 Å². The molecule has 0 aliphatic heterocycles. The van der Waals surface area contributed by atoms with Gasteiger partial charge in [0.15, 0.2) is 0 Å². The Kier molecular flexibility index (Phi) is 21.2. The number of carboxylic acids is 1. The lowest BCUT2D eigenvalue weighted by Gasteiger charge is -2.24. The number of hydrogen-bond donors (Lipinski definition) is 5. The minimum atomic E-state index is -5.33. The Morgan fingerprint density at radius 1 is 0.838 bits per heavy atom. The number of phosphoric acid groups is 2. The molecule has 0 aromatic heterocycles. The van der Waals surface area contributed by atoms with Crippen molar-refractivity contribution >= 4 is 21.6 Å². The predicted octanol–water partition coefficient (Wildman–Crippen LogP) is 4.90. The predicted molar refractivity (Wildman–Crippen MR) is 140 cm³/mol. The van der Waals surface area contributed by atoms with Crippen LogP contribution in [0.4, 0.5) is 0 Å². The maximum Gasteiger partial charge on any atom is 0.484 e. The van der Waals surface area contributed by atoms with E-state index in [2.05, 4.69) is 11.2 Å². The molecule has 0 heterocycles. The first-order valence-electron chi connectivity index (χ1n) is 13.3. The van der Waals surface area contributed by atoms with Gasteiger partial charge in [-0.2, -0.15) is 4.31 Å². The fraction of sp³-hybridized carbons (Fsp3) is 0.957. The van der Waals surface area contributed by atoms with Crippen molar-refractivity contribution in [3.05, 3.63) is 0 Å². The van der Waals surface area contributed by atoms with Gasteiger partial charge in [0.25, 0.3) is 0 Å². The molecule has 0 aliphatic carbocycles. The molecule has 1 unspecified atom stereocenters. The van der Waals surface area contributed by atoms with Crippen molar-refractivity contribution in [2.45, 2.75) is 122 Å². The van der Waals surface area contributed by atoms with Gasteiger partial charge in [0, 0.05) is 6.61 Å². The second-order valence-electron chi connectivity index (χ2n) is 9.31. The third-order valence-electron chi connectivity index (χ3n) is 5.67. The first kappa shape index (κ1) is 36.6. The summed E-state index contributed by atoms with van der Waals surface area (Å²) in [7, 11) is -10.3. The lowest BCUT2D eigenvalue weighted by atomic mass is 10.0. The van der Waals surface area contributed by atoms with E-state index in [1.54, 1.807) is 0 Å². The summed E-state index contributed by atoms with van der Waals surface area (Å²) in [6.07, 6.45) is 14.6. The van der Waals surface area contributed by atoms with Gasteiger partial charge in [-0.25, -0.2) is 9.13 Å². The molecular formula is C23H49NO11P2. The number of aliphatic carboxylic acids is 1. The van der Waals surface area contributed by atoms with Crippen LogP contribution in [0.25, 0.3) is 0 Å². The van der Waals surface area contributed by atoms with Crippen LogP contribution in [0.1, 0.15) is 104 Å². The van der Waals surface area contributed by atoms with Crippen LogP contribution in [-0.2, 0) is 32.0 Å². The van der Waals surface area contributed by atoms with E-state index in [4.69, 9.17) is 34.4 Å². The second-order valence-corrected chi connectivity index (χ2v) is 12.3. The topological polar surface area (TPSA) is 195 Å². The third kappa shape index (κ3) is 22.2. The monoisotopic (exact) mass is 577 g/mol. The first-order valence-corrected chi connectivity index (χ1v) is 16.3. The average molecular weight is 578 g/mol. The quantitative estimate of drug-likeness (QED) is 0.0690. The molecule has 0 spiro atoms. The second kappa shape index (κ2) is 21.4. The lowest BCUT2D eigenvalue weighted by molar-refractivity contribution is -0.140. The number of carboxylic acid groups (broad SMARTS) is 1. The Labute approximate surface area is 221 Å². The van der Waals surface area contributed by atoms with Crippen molar-refractivity contribution in [2.24, 2.45) is 5.73 Å². The van der Waals surface area contributed by atoms with E-state index in [1.807, 2.05) is 0 Å². The molecule has 14 heteroatoms. The average Bonchev–Trinajstić information content (AvgIpc) is 2.80. The molecule has 0 saturated heterocycles. The highest BCUT2D eigenvalue weighted by molar-refractivity contribution is 7.61. The summed E-state index contributed by atoms with van der Waals surface area (Å²) in [6, 6.07) is -1.66. The molecule has 0 fully saturated rings. The van der Waals surface area contributed by atoms with Crippen molar-refractivity contribution in [1.82, 2.24) is 0 Å². The van der Waals surface area contributed by atoms with Crippen molar-refractivity contribution in [1.29, 1.82) is 0 Å². The standard InChI is InChI=1S/C23H49NO11P2/c1-3-4-5-6-7-8-9-10-11-12-13-14-15-16-17-32-18-21(25)19-33-37(31,35-36(28,29)30)34-20(2)22(24)23(26)27/h20-22,25H,3-19,24H2,1-2H3,(H,26,27)(H2,28,29,30)/t20-,21+,22+,37?/m1/s1. The van der Waals surface area contributed by atoms with Crippen LogP contribution in [0.2, 0.25) is 0 Å². The van der Waals surface area contributed by atoms with E-state index in [0.29, 0.717) is 6.61 Å². The molecule has 0 radical (unpaired) electrons. The van der Waals surface area contributed by atoms with E-state index in [1.165, 1.54) is 70.6 Å². The maximum atomic E-state index is 12.5. The zero-order valence-corrected chi connectivity index (χ0v) is 24.2. The van der Waals surface area contributed by atoms with Gasteiger partial charge >= 0.3 is 21.6 Å². The summed E-state index contributed by atoms with van der Waals surface area (Å²) >= 11 is 0. The molecule has 37 heavy (non-hydrogen) atoms. The summed E-state index contributed by atoms with van der Waals surface area (Å²) < 4.78 is 42.7. The Hall–Kier alpha value is -0.390. The SMILES string of the molecule is CCCCCCCCCCCCCCCCOC[C@H](O)COP(=O)(O[C@H](C)[C@H](N)C(=O)O)OP(=O)(O)O. The van der Waals surface area contributed by atoms with Crippen molar-refractivity contribution in [3.8, 4) is 0 Å². The lowest BCUT2D eigenvalue weighted by Crippen LogP contribution is -2.41. The molecule has 4 atom stereocenters. The summed E-state index contributed by atoms with van der Waals surface area (Å²) in [5.41, 5.74) is 5.34. The van der Waals surface area contributed by atoms with Gasteiger partial charge in [0.1, 0.15) is 12.1 Å². The molecular weight excluding hydrogens is 528 g/mol. The van der Waals surface area contributed by atoms with Crippen LogP contribution in [-0.4, -0.2) is 64.0 Å². The molecule has 0 aromatic rings. The number of nitrogens with two attached hydrogens (primary N) is 1. The Balaban J connectivity index is 3.95. The van der Waals surface area contributed by atoms with Gasteiger partial charge in [-0.1, -0.05) is 90.4 Å². The third-order valence-corrected chi connectivity index (χ3v) is 8.38. The number of hydrogen-bond acceptors (Lipinski definition) is 9. The zero-order valence-electron chi connectivity index (χ0n) is 22.4. The van der Waals surface area contributed by atoms with Gasteiger partial charge in [0.05, 0.1) is 19.3 Å². The van der Waals surface area contributed by atoms with Gasteiger partial charge < -0.3 is 30.5 Å². The number of phosphoric ester groups is 1. The van der Waals surface area contributed by atoms with Gasteiger partial charge in [-0.05, 0) is 13.3 Å². The van der Waals surface area contributed by atoms with Crippen LogP contribution in [0.5, 0.6) is 0 Å². The van der Waals surface area contributed by atoms with Gasteiger partial charge in [-0.3, -0.25) is 13.8 Å². The number of rotatable bonds is 26. The summed E-state index contributed by atoms with van der Waals surface area (Å²) in [6.45, 7) is 2.91. The number of carbonyl (C=O) groups is 1. The number of ether oxygens (including phenoxy) is 1. The highest BCUT2D eigenvalue weighted by atomic mass is 31.3. The molecule has 0 rings (SSSR count). The summed E-state index contributed by atoms with van der Waals surface area (Å²) in [4.78, 5) is 28.8. The van der Waals surface area contributed by atoms with Gasteiger partial charge in [-0.15, -0.1) is 0 Å². The minimum Gasteiger partial charge on any atom is -0.480 e. The van der Waals surface area contributed by atoms with E-state index < -0.39 is 46.5 Å². The van der Waals surface area contributed by atoms with Crippen LogP contribution >= 0.6 is 15.6 Å². The van der Waals surface area contributed by atoms with E-state index >= 15 is 0 Å². The molecule has 0 aromatic carbocycles. The Morgan fingerprint density at radius 2 is 1.30 bits per heavy atom. The molecule has 6 N–H and O–H groups in total. The van der Waals surface area contributed by atoms with Crippen molar-refractivity contribution < 1.29 is 52.0 Å². The summed E-state index contributed by atoms with van der Waals surface area (Å²) in [5, 5.41) is 18.8. The van der Waals surface area contributed by atoms with E-state index in [-0.39, 0.29) is 6.61 Å². The maximum absolute atomic E-state index is 12.5. The fourth-order valence-electron chi connectivity index (χ4n) is 3.52. The molecule has 0 bridgehead atoms. The molecule has 222 valence electrons. The number of aliphatic hydroxyl groups excluding tert-OH is 1. The van der Waals surface area contributed by atoms with Crippen LogP contribution in [0.3, 0.4) is 0 Å². The van der Waals surface area contributed by atoms with Crippen LogP contribution in [0, 0.1) is 0 Å². The highest BCUT2D eigenvalue weighted by Crippen LogP contribution is 2.61. The van der Waals surface area contributed by atoms with E-state index in [0.717, 1.165) is 26.2 Å². The Morgan fingerprint density at radius 3 is 1.73 bits per heavy atom. The molecule has 0 saturated carbocycles. The fourth-order valence-corrected chi connectivity index (χ4v) is 5.86. The van der Waals surface area contributed by atoms with Crippen molar-refractivity contribution in [2.75, 3.05) is 19.8 Å². The van der Waals surface area contributed by atoms with E-state index in [9.17, 15) is 19.0 Å². The zero-order chi connectivity index (χ0) is 28.2. The number of unbranched alkanes of at least 4 members (excludes halogenated alkanes) is 13. The number of aliphatic hydroxyl groups is 1. The van der Waals surface area contributed by atoms with Crippen LogP contribution in [0.15, 0.2) is 0 Å². The molecule has 0 aliphatic rings. The van der Waals surface area contributed by atoms with Crippen LogP contribution < -0.4 is 5.73 Å². The summed E-state index contributed by atoms with van der Waals surface area (Å²) in [5.74, 6) is -1.49. The van der Waals surface area contributed by atoms with Crippen molar-refractivity contribution in [3.63, 3.8) is 0 Å². The Bertz CT molecular complexity index is 677. The highest BCUT2D eigenvalue weighted by Gasteiger charge is 2.40. The largest absolute Gasteiger partial charge is 0.484 e. The minimum absolute atomic E-state index is 0.168.